The van der Waals surface area contributed by atoms with Crippen LogP contribution in [0.5, 0.6) is 0 Å². The maximum Gasteiger partial charge on any atom is 0.205 e. The lowest BCUT2D eigenvalue weighted by atomic mass is 10.3. The predicted octanol–water partition coefficient (Wildman–Crippen LogP) is 1.75. The summed E-state index contributed by atoms with van der Waals surface area (Å²) in [7, 11) is 0. The standard InChI is InChI=1S/C7H7NO2.ClH/c1-2-4-7(5-3-1)8-9-6-10-8;/h1-5H,6H2;1H. The van der Waals surface area contributed by atoms with E-state index >= 15 is 0 Å². The Bertz CT molecular complexity index is 213. The summed E-state index contributed by atoms with van der Waals surface area (Å²) in [5.41, 5.74) is 0.925. The molecule has 0 N–H and O–H groups in total. The molecule has 1 fully saturated rings. The molecule has 0 unspecified atom stereocenters. The zero-order chi connectivity index (χ0) is 6.81. The molecule has 0 bridgehead atoms. The zero-order valence-corrected chi connectivity index (χ0v) is 6.58. The molecule has 1 saturated heterocycles. The fraction of sp³-hybridized carbons (Fsp3) is 0.143. The van der Waals surface area contributed by atoms with Crippen LogP contribution in [0.25, 0.3) is 0 Å². The molecule has 1 heterocycles. The van der Waals surface area contributed by atoms with Crippen LogP contribution >= 0.6 is 12.4 Å². The molecule has 0 saturated carbocycles. The van der Waals surface area contributed by atoms with E-state index in [9.17, 15) is 0 Å². The van der Waals surface area contributed by atoms with Crippen molar-refractivity contribution in [2.75, 3.05) is 12.0 Å². The molecular weight excluding hydrogens is 166 g/mol. The first-order chi connectivity index (χ1) is 4.97. The van der Waals surface area contributed by atoms with Crippen LogP contribution in [0.2, 0.25) is 0 Å². The predicted molar refractivity (Wildman–Crippen MR) is 43.2 cm³/mol. The second-order valence-corrected chi connectivity index (χ2v) is 1.97. The summed E-state index contributed by atoms with van der Waals surface area (Å²) in [4.78, 5) is 9.86. The van der Waals surface area contributed by atoms with E-state index in [0.29, 0.717) is 6.79 Å². The van der Waals surface area contributed by atoms with E-state index in [-0.39, 0.29) is 12.4 Å². The van der Waals surface area contributed by atoms with Crippen LogP contribution in [-0.4, -0.2) is 6.79 Å². The number of hydrogen-bond donors (Lipinski definition) is 0. The highest BCUT2D eigenvalue weighted by Gasteiger charge is 2.15. The van der Waals surface area contributed by atoms with Crippen molar-refractivity contribution in [3.63, 3.8) is 0 Å². The molecule has 1 aromatic carbocycles. The van der Waals surface area contributed by atoms with Gasteiger partial charge in [-0.15, -0.1) is 17.6 Å². The van der Waals surface area contributed by atoms with Gasteiger partial charge in [-0.3, -0.25) is 0 Å². The molecule has 4 heteroatoms. The van der Waals surface area contributed by atoms with Gasteiger partial charge in [0.05, 0.1) is 5.69 Å². The molecule has 1 aliphatic rings. The van der Waals surface area contributed by atoms with Gasteiger partial charge in [0, 0.05) is 0 Å². The average Bonchev–Trinajstić information content (AvgIpc) is 1.86. The van der Waals surface area contributed by atoms with E-state index in [4.69, 9.17) is 9.68 Å². The van der Waals surface area contributed by atoms with Crippen molar-refractivity contribution >= 4 is 18.1 Å². The number of halogens is 1. The Hall–Kier alpha value is -0.770. The first kappa shape index (κ1) is 8.33. The first-order valence-electron chi connectivity index (χ1n) is 3.08. The molecule has 60 valence electrons. The van der Waals surface area contributed by atoms with Gasteiger partial charge >= 0.3 is 0 Å². The van der Waals surface area contributed by atoms with E-state index in [1.807, 2.05) is 30.3 Å². The van der Waals surface area contributed by atoms with Crippen LogP contribution in [0.1, 0.15) is 0 Å². The fourth-order valence-corrected chi connectivity index (χ4v) is 0.804. The van der Waals surface area contributed by atoms with Gasteiger partial charge in [-0.05, 0) is 12.1 Å². The Morgan fingerprint density at radius 3 is 2.18 bits per heavy atom. The highest BCUT2D eigenvalue weighted by atomic mass is 35.5. The summed E-state index contributed by atoms with van der Waals surface area (Å²) in [5, 5.41) is 1.39. The largest absolute Gasteiger partial charge is 0.217 e. The third kappa shape index (κ3) is 1.63. The molecule has 0 spiro atoms. The second-order valence-electron chi connectivity index (χ2n) is 1.97. The van der Waals surface area contributed by atoms with Gasteiger partial charge in [0.15, 0.2) is 0 Å². The lowest BCUT2D eigenvalue weighted by molar-refractivity contribution is -0.277. The molecule has 2 rings (SSSR count). The Labute approximate surface area is 70.8 Å². The Morgan fingerprint density at radius 2 is 1.73 bits per heavy atom. The summed E-state index contributed by atoms with van der Waals surface area (Å²) in [5.74, 6) is 0. The molecule has 11 heavy (non-hydrogen) atoms. The van der Waals surface area contributed by atoms with Crippen molar-refractivity contribution < 1.29 is 9.68 Å². The summed E-state index contributed by atoms with van der Waals surface area (Å²) < 4.78 is 0. The van der Waals surface area contributed by atoms with Crippen molar-refractivity contribution in [2.45, 2.75) is 0 Å². The number of para-hydroxylation sites is 1. The maximum absolute atomic E-state index is 4.93. The second kappa shape index (κ2) is 3.57. The van der Waals surface area contributed by atoms with E-state index in [2.05, 4.69) is 0 Å². The Balaban J connectivity index is 0.000000605. The summed E-state index contributed by atoms with van der Waals surface area (Å²) in [6.45, 7) is 0.356. The Kier molecular flexibility index (Phi) is 2.70. The van der Waals surface area contributed by atoms with Crippen molar-refractivity contribution in [2.24, 2.45) is 0 Å². The van der Waals surface area contributed by atoms with Crippen molar-refractivity contribution in [3.05, 3.63) is 30.3 Å². The minimum Gasteiger partial charge on any atom is -0.217 e. The SMILES string of the molecule is Cl.c1ccc(N2OCO2)cc1. The van der Waals surface area contributed by atoms with Gasteiger partial charge in [0.1, 0.15) is 0 Å². The summed E-state index contributed by atoms with van der Waals surface area (Å²) in [6, 6.07) is 9.64. The van der Waals surface area contributed by atoms with Gasteiger partial charge in [-0.2, -0.15) is 0 Å². The molecular formula is C7H8ClNO2. The number of hydrogen-bond acceptors (Lipinski definition) is 3. The zero-order valence-electron chi connectivity index (χ0n) is 5.77. The van der Waals surface area contributed by atoms with Crippen molar-refractivity contribution in [1.29, 1.82) is 0 Å². The average molecular weight is 174 g/mol. The molecule has 3 nitrogen and oxygen atoms in total. The van der Waals surface area contributed by atoms with Crippen LogP contribution in [0.3, 0.4) is 0 Å². The molecule has 0 aromatic heterocycles. The Morgan fingerprint density at radius 1 is 1.09 bits per heavy atom. The molecule has 0 radical (unpaired) electrons. The van der Waals surface area contributed by atoms with Gasteiger partial charge in [0.2, 0.25) is 6.79 Å². The minimum absolute atomic E-state index is 0. The molecule has 1 aromatic rings. The monoisotopic (exact) mass is 173 g/mol. The molecule has 0 atom stereocenters. The fourth-order valence-electron chi connectivity index (χ4n) is 0.804. The normalized spacial score (nSPS) is 15.1. The van der Waals surface area contributed by atoms with Crippen LogP contribution in [0.4, 0.5) is 5.69 Å². The van der Waals surface area contributed by atoms with E-state index in [0.717, 1.165) is 5.69 Å². The van der Waals surface area contributed by atoms with Crippen LogP contribution in [0, 0.1) is 0 Å². The van der Waals surface area contributed by atoms with Gasteiger partial charge in [0.25, 0.3) is 0 Å². The number of rotatable bonds is 1. The van der Waals surface area contributed by atoms with E-state index < -0.39 is 0 Å². The lowest BCUT2D eigenvalue weighted by Crippen LogP contribution is -2.36. The lowest BCUT2D eigenvalue weighted by Gasteiger charge is -2.29. The first-order valence-corrected chi connectivity index (χ1v) is 3.08. The summed E-state index contributed by atoms with van der Waals surface area (Å²) in [6.07, 6.45) is 0. The maximum atomic E-state index is 4.93. The topological polar surface area (TPSA) is 21.7 Å². The quantitative estimate of drug-likeness (QED) is 0.646. The van der Waals surface area contributed by atoms with Gasteiger partial charge < -0.3 is 0 Å². The van der Waals surface area contributed by atoms with E-state index in [1.165, 1.54) is 5.23 Å². The third-order valence-electron chi connectivity index (χ3n) is 1.31. The van der Waals surface area contributed by atoms with Crippen LogP contribution in [-0.2, 0) is 9.68 Å². The molecule has 1 aliphatic heterocycles. The number of anilines is 1. The summed E-state index contributed by atoms with van der Waals surface area (Å²) >= 11 is 0. The van der Waals surface area contributed by atoms with E-state index in [1.54, 1.807) is 0 Å². The van der Waals surface area contributed by atoms with Crippen LogP contribution < -0.4 is 5.23 Å². The van der Waals surface area contributed by atoms with Gasteiger partial charge in [-0.25, -0.2) is 9.68 Å². The highest BCUT2D eigenvalue weighted by molar-refractivity contribution is 5.85. The molecule has 0 aliphatic carbocycles. The van der Waals surface area contributed by atoms with Crippen molar-refractivity contribution in [3.8, 4) is 0 Å². The minimum atomic E-state index is 0. The molecule has 0 amide bonds. The van der Waals surface area contributed by atoms with Gasteiger partial charge in [-0.1, -0.05) is 18.2 Å². The number of benzene rings is 1. The van der Waals surface area contributed by atoms with Crippen LogP contribution in [0.15, 0.2) is 30.3 Å². The highest BCUT2D eigenvalue weighted by Crippen LogP contribution is 2.18. The third-order valence-corrected chi connectivity index (χ3v) is 1.31. The smallest absolute Gasteiger partial charge is 0.205 e. The van der Waals surface area contributed by atoms with Crippen molar-refractivity contribution in [1.82, 2.24) is 0 Å². The number of nitrogens with zero attached hydrogens (tertiary/aromatic N) is 1.